The lowest BCUT2D eigenvalue weighted by Gasteiger charge is -2.18. The summed E-state index contributed by atoms with van der Waals surface area (Å²) in [6.45, 7) is 2.80. The Labute approximate surface area is 136 Å². The molecule has 0 saturated heterocycles. The van der Waals surface area contributed by atoms with Gasteiger partial charge in [0.2, 0.25) is 5.91 Å². The number of carbonyl (C=O) groups is 1. The van der Waals surface area contributed by atoms with Gasteiger partial charge in [0.05, 0.1) is 12.5 Å². The summed E-state index contributed by atoms with van der Waals surface area (Å²) in [4.78, 5) is 11.5. The second kappa shape index (κ2) is 5.83. The number of carbonyl (C=O) groups excluding carboxylic acids is 1. The molecule has 1 aromatic carbocycles. The van der Waals surface area contributed by atoms with Crippen LogP contribution in [0, 0.1) is 0 Å². The topological polar surface area (TPSA) is 54.3 Å². The minimum absolute atomic E-state index is 0.000963. The van der Waals surface area contributed by atoms with E-state index >= 15 is 0 Å². The molecule has 21 heavy (non-hydrogen) atoms. The van der Waals surface area contributed by atoms with E-state index in [9.17, 15) is 4.79 Å². The third kappa shape index (κ3) is 2.86. The Hall–Kier alpha value is -1.30. The van der Waals surface area contributed by atoms with Crippen LogP contribution in [0.2, 0.25) is 5.02 Å². The molecular weight excluding hydrogens is 356 g/mol. The molecule has 2 heterocycles. The lowest BCUT2D eigenvalue weighted by atomic mass is 10.00. The van der Waals surface area contributed by atoms with Crippen LogP contribution in [-0.4, -0.2) is 12.5 Å². The van der Waals surface area contributed by atoms with E-state index < -0.39 is 0 Å². The molecule has 4 nitrogen and oxygen atoms in total. The van der Waals surface area contributed by atoms with Crippen molar-refractivity contribution in [2.24, 2.45) is 0 Å². The second-order valence-electron chi connectivity index (χ2n) is 4.89. The Balaban J connectivity index is 2.04. The van der Waals surface area contributed by atoms with Crippen LogP contribution in [0.1, 0.15) is 29.9 Å². The van der Waals surface area contributed by atoms with Crippen molar-refractivity contribution < 1.29 is 9.21 Å². The molecule has 1 atom stereocenters. The summed E-state index contributed by atoms with van der Waals surface area (Å²) in [7, 11) is 0. The van der Waals surface area contributed by atoms with Crippen molar-refractivity contribution in [1.29, 1.82) is 0 Å². The molecule has 1 aliphatic rings. The molecule has 6 heteroatoms. The van der Waals surface area contributed by atoms with Crippen molar-refractivity contribution in [2.75, 3.05) is 11.9 Å². The molecule has 0 saturated carbocycles. The molecular formula is C15H14BrClN2O2. The molecule has 110 valence electrons. The number of fused-ring (bicyclic) bond motifs is 1. The van der Waals surface area contributed by atoms with Gasteiger partial charge >= 0.3 is 0 Å². The molecule has 0 bridgehead atoms. The number of benzene rings is 1. The minimum Gasteiger partial charge on any atom is -0.452 e. The Morgan fingerprint density at radius 2 is 2.29 bits per heavy atom. The third-order valence-corrected chi connectivity index (χ3v) is 4.20. The number of halogens is 2. The zero-order valence-corrected chi connectivity index (χ0v) is 13.7. The molecule has 0 fully saturated rings. The average molecular weight is 370 g/mol. The molecule has 2 aromatic rings. The Bertz CT molecular complexity index is 699. The molecule has 3 rings (SSSR count). The monoisotopic (exact) mass is 368 g/mol. The SMILES string of the molecule is CCNC(c1ccc(Br)o1)c1cc2c(cc1Cl)NC(=O)C2. The fourth-order valence-corrected chi connectivity index (χ4v) is 3.13. The zero-order valence-electron chi connectivity index (χ0n) is 11.4. The van der Waals surface area contributed by atoms with E-state index in [1.807, 2.05) is 25.1 Å². The van der Waals surface area contributed by atoms with Crippen molar-refractivity contribution in [1.82, 2.24) is 5.32 Å². The van der Waals surface area contributed by atoms with Gasteiger partial charge in [-0.05, 0) is 57.9 Å². The van der Waals surface area contributed by atoms with Gasteiger partial charge in [0, 0.05) is 10.7 Å². The standard InChI is InChI=1S/C15H14BrClN2O2/c1-2-18-15(12-3-4-13(16)21-12)9-5-8-6-14(20)19-11(8)7-10(9)17/h3-5,7,15,18H,2,6H2,1H3,(H,19,20). The van der Waals surface area contributed by atoms with Crippen LogP contribution in [0.15, 0.2) is 33.4 Å². The summed E-state index contributed by atoms with van der Waals surface area (Å²) in [5, 5.41) is 6.78. The lowest BCUT2D eigenvalue weighted by molar-refractivity contribution is -0.115. The van der Waals surface area contributed by atoms with Crippen LogP contribution in [0.4, 0.5) is 5.69 Å². The van der Waals surface area contributed by atoms with Crippen molar-refractivity contribution >= 4 is 39.1 Å². The number of anilines is 1. The Morgan fingerprint density at radius 1 is 1.48 bits per heavy atom. The zero-order chi connectivity index (χ0) is 15.0. The fourth-order valence-electron chi connectivity index (χ4n) is 2.54. The first-order valence-electron chi connectivity index (χ1n) is 6.69. The minimum atomic E-state index is -0.144. The predicted octanol–water partition coefficient (Wildman–Crippen LogP) is 3.89. The maximum Gasteiger partial charge on any atom is 0.228 e. The van der Waals surface area contributed by atoms with Gasteiger partial charge in [-0.3, -0.25) is 4.79 Å². The first kappa shape index (κ1) is 14.6. The molecule has 1 aliphatic heterocycles. The smallest absolute Gasteiger partial charge is 0.228 e. The summed E-state index contributed by atoms with van der Waals surface area (Å²) in [5.74, 6) is 0.779. The highest BCUT2D eigenvalue weighted by atomic mass is 79.9. The molecule has 1 amide bonds. The molecule has 0 spiro atoms. The number of nitrogens with one attached hydrogen (secondary N) is 2. The molecule has 0 radical (unpaired) electrons. The van der Waals surface area contributed by atoms with Gasteiger partial charge in [0.15, 0.2) is 4.67 Å². The largest absolute Gasteiger partial charge is 0.452 e. The van der Waals surface area contributed by atoms with Crippen LogP contribution in [0.25, 0.3) is 0 Å². The quantitative estimate of drug-likeness (QED) is 0.859. The maximum absolute atomic E-state index is 11.5. The Morgan fingerprint density at radius 3 is 2.95 bits per heavy atom. The summed E-state index contributed by atoms with van der Waals surface area (Å²) in [6.07, 6.45) is 0.389. The van der Waals surface area contributed by atoms with E-state index in [4.69, 9.17) is 16.0 Å². The molecule has 1 aromatic heterocycles. The first-order chi connectivity index (χ1) is 10.1. The van der Waals surface area contributed by atoms with Crippen molar-refractivity contribution in [3.05, 3.63) is 50.8 Å². The highest BCUT2D eigenvalue weighted by molar-refractivity contribution is 9.10. The third-order valence-electron chi connectivity index (χ3n) is 3.45. The highest BCUT2D eigenvalue weighted by Gasteiger charge is 2.25. The van der Waals surface area contributed by atoms with Crippen LogP contribution in [-0.2, 0) is 11.2 Å². The summed E-state index contributed by atoms with van der Waals surface area (Å²) in [6, 6.07) is 7.39. The van der Waals surface area contributed by atoms with E-state index in [-0.39, 0.29) is 11.9 Å². The predicted molar refractivity (Wildman–Crippen MR) is 85.7 cm³/mol. The van der Waals surface area contributed by atoms with E-state index in [1.54, 1.807) is 6.07 Å². The van der Waals surface area contributed by atoms with Crippen LogP contribution in [0.5, 0.6) is 0 Å². The average Bonchev–Trinajstić information content (AvgIpc) is 3.00. The summed E-state index contributed by atoms with van der Waals surface area (Å²) >= 11 is 9.72. The molecule has 0 aliphatic carbocycles. The van der Waals surface area contributed by atoms with Gasteiger partial charge in [-0.2, -0.15) is 0 Å². The lowest BCUT2D eigenvalue weighted by Crippen LogP contribution is -2.22. The van der Waals surface area contributed by atoms with Gasteiger partial charge < -0.3 is 15.1 Å². The van der Waals surface area contributed by atoms with Crippen LogP contribution >= 0.6 is 27.5 Å². The van der Waals surface area contributed by atoms with Gasteiger partial charge in [-0.25, -0.2) is 0 Å². The van der Waals surface area contributed by atoms with Gasteiger partial charge in [0.25, 0.3) is 0 Å². The van der Waals surface area contributed by atoms with E-state index in [0.717, 1.165) is 29.1 Å². The number of amides is 1. The van der Waals surface area contributed by atoms with Crippen LogP contribution < -0.4 is 10.6 Å². The number of hydrogen-bond donors (Lipinski definition) is 2. The van der Waals surface area contributed by atoms with E-state index in [2.05, 4.69) is 26.6 Å². The van der Waals surface area contributed by atoms with Crippen molar-refractivity contribution in [3.8, 4) is 0 Å². The molecule has 2 N–H and O–H groups in total. The van der Waals surface area contributed by atoms with Crippen LogP contribution in [0.3, 0.4) is 0 Å². The number of furan rings is 1. The van der Waals surface area contributed by atoms with Gasteiger partial charge in [-0.1, -0.05) is 18.5 Å². The number of rotatable bonds is 4. The van der Waals surface area contributed by atoms with Crippen molar-refractivity contribution in [3.63, 3.8) is 0 Å². The summed E-state index contributed by atoms with van der Waals surface area (Å²) in [5.41, 5.74) is 2.67. The first-order valence-corrected chi connectivity index (χ1v) is 7.86. The van der Waals surface area contributed by atoms with Crippen molar-refractivity contribution in [2.45, 2.75) is 19.4 Å². The Kier molecular flexibility index (Phi) is 4.06. The fraction of sp³-hybridized carbons (Fsp3) is 0.267. The maximum atomic E-state index is 11.5. The van der Waals surface area contributed by atoms with E-state index in [1.165, 1.54) is 0 Å². The normalized spacial score (nSPS) is 14.9. The van der Waals surface area contributed by atoms with Gasteiger partial charge in [-0.15, -0.1) is 0 Å². The highest BCUT2D eigenvalue weighted by Crippen LogP contribution is 2.36. The number of hydrogen-bond acceptors (Lipinski definition) is 3. The summed E-state index contributed by atoms with van der Waals surface area (Å²) < 4.78 is 6.34. The van der Waals surface area contributed by atoms with Gasteiger partial charge in [0.1, 0.15) is 5.76 Å². The van der Waals surface area contributed by atoms with E-state index in [0.29, 0.717) is 16.1 Å². The second-order valence-corrected chi connectivity index (χ2v) is 6.08. The molecule has 1 unspecified atom stereocenters.